The second-order valence-corrected chi connectivity index (χ2v) is 10.5. The van der Waals surface area contributed by atoms with Crippen LogP contribution in [0.2, 0.25) is 0 Å². The Morgan fingerprint density at radius 2 is 2.25 bits per heavy atom. The van der Waals surface area contributed by atoms with Crippen molar-refractivity contribution in [1.29, 1.82) is 0 Å². The highest BCUT2D eigenvalue weighted by molar-refractivity contribution is 8.61. The molecule has 1 aliphatic heterocycles. The van der Waals surface area contributed by atoms with Gasteiger partial charge in [-0.25, -0.2) is 0 Å². The van der Waals surface area contributed by atoms with Crippen LogP contribution in [0.4, 0.5) is 0 Å². The molecule has 1 saturated heterocycles. The molecule has 1 N–H and O–H groups in total. The molecular formula is C8H18BO4PS2. The van der Waals surface area contributed by atoms with Crippen LogP contribution in [0.5, 0.6) is 0 Å². The number of hydrogen-bond donors (Lipinski definition) is 2. The number of rotatable bonds is 5. The van der Waals surface area contributed by atoms with E-state index >= 15 is 0 Å². The van der Waals surface area contributed by atoms with Crippen molar-refractivity contribution in [3.63, 3.8) is 0 Å². The quantitative estimate of drug-likeness (QED) is 0.423. The fourth-order valence-corrected chi connectivity index (χ4v) is 3.03. The number of aliphatic hydroxyl groups excluding tert-OH is 1. The maximum atomic E-state index is 9.95. The van der Waals surface area contributed by atoms with Gasteiger partial charge in [-0.15, -0.1) is 12.2 Å². The molecule has 5 atom stereocenters. The molecule has 2 unspecified atom stereocenters. The molecule has 1 aliphatic rings. The average Bonchev–Trinajstić information content (AvgIpc) is 2.47. The number of hydrogen-bond acceptors (Lipinski definition) is 5. The van der Waals surface area contributed by atoms with Gasteiger partial charge < -0.3 is 19.1 Å². The van der Waals surface area contributed by atoms with Crippen LogP contribution in [-0.4, -0.2) is 57.1 Å². The SMILES string of the molecule is B[C@@H]1O[C@H](COC)C(OP(=S)(S)CC)[C@@H]1O. The molecule has 16 heavy (non-hydrogen) atoms. The van der Waals surface area contributed by atoms with Gasteiger partial charge in [-0.1, -0.05) is 18.7 Å². The van der Waals surface area contributed by atoms with Crippen molar-refractivity contribution in [2.45, 2.75) is 31.2 Å². The standard InChI is InChI=1S/C8H18BO4PS2/c1-3-14(15,16)13-7-5(4-11-2)12-8(9)6(7)10/h5-8,10H,3-4,9H2,1-2H3,(H,15,16)/t5-,6+,7?,8-/m1/s1. The average molecular weight is 284 g/mol. The van der Waals surface area contributed by atoms with E-state index < -0.39 is 17.7 Å². The fraction of sp³-hybridized carbons (Fsp3) is 1.00. The lowest BCUT2D eigenvalue weighted by molar-refractivity contribution is -0.00833. The molecule has 1 rings (SSSR count). The first kappa shape index (κ1) is 15.0. The lowest BCUT2D eigenvalue weighted by Gasteiger charge is -2.25. The summed E-state index contributed by atoms with van der Waals surface area (Å²) in [4.78, 5) is 0. The van der Waals surface area contributed by atoms with Crippen molar-refractivity contribution in [2.75, 3.05) is 19.9 Å². The van der Waals surface area contributed by atoms with Crippen molar-refractivity contribution >= 4 is 37.4 Å². The zero-order valence-electron chi connectivity index (χ0n) is 9.70. The fourth-order valence-electron chi connectivity index (χ4n) is 1.61. The summed E-state index contributed by atoms with van der Waals surface area (Å²) >= 11 is 9.59. The van der Waals surface area contributed by atoms with Crippen LogP contribution in [0.25, 0.3) is 0 Å². The topological polar surface area (TPSA) is 47.9 Å². The molecule has 1 fully saturated rings. The van der Waals surface area contributed by atoms with E-state index in [0.717, 1.165) is 0 Å². The van der Waals surface area contributed by atoms with E-state index in [9.17, 15) is 5.11 Å². The zero-order valence-corrected chi connectivity index (χ0v) is 12.3. The second kappa shape index (κ2) is 6.18. The van der Waals surface area contributed by atoms with E-state index in [1.807, 2.05) is 14.8 Å². The van der Waals surface area contributed by atoms with E-state index in [1.165, 1.54) is 0 Å². The lowest BCUT2D eigenvalue weighted by atomic mass is 9.93. The summed E-state index contributed by atoms with van der Waals surface area (Å²) in [5, 5.41) is 9.95. The van der Waals surface area contributed by atoms with Crippen LogP contribution < -0.4 is 0 Å². The number of methoxy groups -OCH3 is 1. The van der Waals surface area contributed by atoms with Gasteiger partial charge in [0, 0.05) is 13.3 Å². The molecule has 1 heterocycles. The number of ether oxygens (including phenoxy) is 2. The molecule has 0 aromatic carbocycles. The summed E-state index contributed by atoms with van der Waals surface area (Å²) in [6, 6.07) is -0.259. The summed E-state index contributed by atoms with van der Waals surface area (Å²) in [6.45, 7) is 2.32. The van der Waals surface area contributed by atoms with E-state index in [1.54, 1.807) is 7.11 Å². The summed E-state index contributed by atoms with van der Waals surface area (Å²) in [6.07, 6.45) is -0.682. The van der Waals surface area contributed by atoms with Gasteiger partial charge in [0.2, 0.25) is 0 Å². The van der Waals surface area contributed by atoms with E-state index in [2.05, 4.69) is 12.2 Å². The summed E-state index contributed by atoms with van der Waals surface area (Å²) in [7, 11) is 3.40. The highest BCUT2D eigenvalue weighted by atomic mass is 32.9. The van der Waals surface area contributed by atoms with Gasteiger partial charge >= 0.3 is 0 Å². The van der Waals surface area contributed by atoms with Crippen LogP contribution in [0.1, 0.15) is 6.92 Å². The Bertz CT molecular complexity index is 281. The van der Waals surface area contributed by atoms with Crippen molar-refractivity contribution in [3.05, 3.63) is 0 Å². The molecule has 8 heteroatoms. The minimum Gasteiger partial charge on any atom is -0.388 e. The summed E-state index contributed by atoms with van der Waals surface area (Å²) in [5.41, 5.74) is -2.12. The Balaban J connectivity index is 2.70. The van der Waals surface area contributed by atoms with Gasteiger partial charge in [0.05, 0.1) is 12.6 Å². The Kier molecular flexibility index (Phi) is 5.78. The van der Waals surface area contributed by atoms with E-state index in [4.69, 9.17) is 25.8 Å². The molecule has 4 nitrogen and oxygen atoms in total. The molecule has 0 aromatic heterocycles. The zero-order chi connectivity index (χ0) is 12.3. The maximum absolute atomic E-state index is 9.95. The van der Waals surface area contributed by atoms with Gasteiger partial charge in [-0.05, 0) is 0 Å². The molecule has 0 aromatic rings. The van der Waals surface area contributed by atoms with E-state index in [-0.39, 0.29) is 12.1 Å². The first-order valence-corrected chi connectivity index (χ1v) is 9.29. The smallest absolute Gasteiger partial charge is 0.142 e. The maximum Gasteiger partial charge on any atom is 0.142 e. The van der Waals surface area contributed by atoms with Gasteiger partial charge in [0.25, 0.3) is 0 Å². The number of thiol groups is 1. The molecular weight excluding hydrogens is 266 g/mol. The molecule has 0 saturated carbocycles. The molecule has 0 amide bonds. The number of aliphatic hydroxyl groups is 1. The monoisotopic (exact) mass is 284 g/mol. The first-order valence-electron chi connectivity index (χ1n) is 5.24. The third kappa shape index (κ3) is 3.70. The van der Waals surface area contributed by atoms with Crippen LogP contribution >= 0.6 is 17.7 Å². The van der Waals surface area contributed by atoms with Gasteiger partial charge in [0.15, 0.2) is 0 Å². The Morgan fingerprint density at radius 1 is 1.62 bits per heavy atom. The third-order valence-electron chi connectivity index (χ3n) is 2.59. The molecule has 0 bridgehead atoms. The molecule has 0 spiro atoms. The highest BCUT2D eigenvalue weighted by Gasteiger charge is 2.43. The molecule has 94 valence electrons. The molecule has 0 radical (unpaired) electrons. The van der Waals surface area contributed by atoms with Crippen molar-refractivity contribution < 1.29 is 19.1 Å². The van der Waals surface area contributed by atoms with Gasteiger partial charge in [0.1, 0.15) is 31.6 Å². The van der Waals surface area contributed by atoms with Gasteiger partial charge in [-0.3, -0.25) is 0 Å². The lowest BCUT2D eigenvalue weighted by Crippen LogP contribution is -2.36. The Labute approximate surface area is 108 Å². The van der Waals surface area contributed by atoms with Crippen LogP contribution in [0.3, 0.4) is 0 Å². The van der Waals surface area contributed by atoms with Crippen molar-refractivity contribution in [3.8, 4) is 0 Å². The van der Waals surface area contributed by atoms with Crippen LogP contribution in [-0.2, 0) is 25.8 Å². The third-order valence-corrected chi connectivity index (χ3v) is 6.13. The predicted molar refractivity (Wildman–Crippen MR) is 73.8 cm³/mol. The Morgan fingerprint density at radius 3 is 2.75 bits per heavy atom. The second-order valence-electron chi connectivity index (χ2n) is 3.85. The van der Waals surface area contributed by atoms with Crippen molar-refractivity contribution in [1.82, 2.24) is 0 Å². The van der Waals surface area contributed by atoms with Crippen LogP contribution in [0.15, 0.2) is 0 Å². The van der Waals surface area contributed by atoms with Crippen molar-refractivity contribution in [2.24, 2.45) is 0 Å². The highest BCUT2D eigenvalue weighted by Crippen LogP contribution is 2.54. The largest absolute Gasteiger partial charge is 0.388 e. The van der Waals surface area contributed by atoms with E-state index in [0.29, 0.717) is 12.8 Å². The minimum atomic E-state index is -2.12. The predicted octanol–water partition coefficient (Wildman–Crippen LogP) is -0.00390. The first-order chi connectivity index (χ1) is 7.41. The van der Waals surface area contributed by atoms with Crippen LogP contribution in [0, 0.1) is 0 Å². The minimum absolute atomic E-state index is 0.259. The normalized spacial score (nSPS) is 38.5. The van der Waals surface area contributed by atoms with Gasteiger partial charge in [-0.2, -0.15) is 0 Å². The summed E-state index contributed by atoms with van der Waals surface area (Å²) < 4.78 is 16.3. The summed E-state index contributed by atoms with van der Waals surface area (Å²) in [5.74, 6) is 0. The Hall–Kier alpha value is 0.905. The molecule has 0 aliphatic carbocycles.